The van der Waals surface area contributed by atoms with Crippen LogP contribution >= 0.6 is 15.9 Å². The van der Waals surface area contributed by atoms with Crippen LogP contribution in [-0.2, 0) is 4.74 Å². The van der Waals surface area contributed by atoms with Crippen molar-refractivity contribution in [2.75, 3.05) is 25.1 Å². The maximum absolute atomic E-state index is 5.34. The lowest BCUT2D eigenvalue weighted by molar-refractivity contribution is 0.185. The van der Waals surface area contributed by atoms with E-state index >= 15 is 0 Å². The standard InChI is InChI=1S/C11H16BrN3O/c1-8-14-10(12)6-11(15-8)13-4-2-9-3-5-16-7-9/h6,9H,2-5,7H2,1H3,(H,13,14,15). The molecule has 1 saturated heterocycles. The van der Waals surface area contributed by atoms with E-state index in [-0.39, 0.29) is 0 Å². The SMILES string of the molecule is Cc1nc(Br)cc(NCCC2CCOC2)n1. The summed E-state index contributed by atoms with van der Waals surface area (Å²) in [6.07, 6.45) is 2.33. The van der Waals surface area contributed by atoms with Crippen LogP contribution < -0.4 is 5.32 Å². The highest BCUT2D eigenvalue weighted by atomic mass is 79.9. The van der Waals surface area contributed by atoms with E-state index in [1.165, 1.54) is 6.42 Å². The number of halogens is 1. The number of ether oxygens (including phenoxy) is 1. The lowest BCUT2D eigenvalue weighted by Gasteiger charge is -2.09. The van der Waals surface area contributed by atoms with Crippen molar-refractivity contribution >= 4 is 21.7 Å². The maximum atomic E-state index is 5.34. The average Bonchev–Trinajstić information content (AvgIpc) is 2.69. The van der Waals surface area contributed by atoms with Gasteiger partial charge in [0.05, 0.1) is 0 Å². The molecule has 0 aliphatic carbocycles. The molecule has 0 spiro atoms. The third kappa shape index (κ3) is 3.42. The van der Waals surface area contributed by atoms with Crippen LogP contribution in [0.3, 0.4) is 0 Å². The first kappa shape index (κ1) is 11.8. The number of hydrogen-bond acceptors (Lipinski definition) is 4. The van der Waals surface area contributed by atoms with Gasteiger partial charge in [0, 0.05) is 25.8 Å². The highest BCUT2D eigenvalue weighted by Gasteiger charge is 2.14. The molecule has 1 unspecified atom stereocenters. The summed E-state index contributed by atoms with van der Waals surface area (Å²) in [5, 5.41) is 3.32. The van der Waals surface area contributed by atoms with Gasteiger partial charge in [-0.1, -0.05) is 0 Å². The van der Waals surface area contributed by atoms with Gasteiger partial charge in [0.2, 0.25) is 0 Å². The summed E-state index contributed by atoms with van der Waals surface area (Å²) in [7, 11) is 0. The highest BCUT2D eigenvalue weighted by molar-refractivity contribution is 9.10. The molecule has 0 aromatic carbocycles. The van der Waals surface area contributed by atoms with Crippen molar-refractivity contribution in [2.45, 2.75) is 19.8 Å². The molecular formula is C11H16BrN3O. The molecular weight excluding hydrogens is 270 g/mol. The molecule has 1 fully saturated rings. The van der Waals surface area contributed by atoms with Crippen LogP contribution in [0, 0.1) is 12.8 Å². The number of nitrogens with one attached hydrogen (secondary N) is 1. The first-order valence-electron chi connectivity index (χ1n) is 5.57. The molecule has 0 radical (unpaired) electrons. The summed E-state index contributed by atoms with van der Waals surface area (Å²) in [5.41, 5.74) is 0. The maximum Gasteiger partial charge on any atom is 0.130 e. The molecule has 2 heterocycles. The Balaban J connectivity index is 1.80. The second kappa shape index (κ2) is 5.59. The number of anilines is 1. The fourth-order valence-corrected chi connectivity index (χ4v) is 2.31. The largest absolute Gasteiger partial charge is 0.381 e. The van der Waals surface area contributed by atoms with E-state index in [4.69, 9.17) is 4.74 Å². The number of hydrogen-bond donors (Lipinski definition) is 1. The van der Waals surface area contributed by atoms with E-state index in [0.29, 0.717) is 5.92 Å². The van der Waals surface area contributed by atoms with Crippen molar-refractivity contribution in [3.63, 3.8) is 0 Å². The number of aryl methyl sites for hydroxylation is 1. The summed E-state index contributed by atoms with van der Waals surface area (Å²) in [4.78, 5) is 8.48. The molecule has 0 amide bonds. The van der Waals surface area contributed by atoms with Crippen LogP contribution in [0.25, 0.3) is 0 Å². The molecule has 5 heteroatoms. The minimum atomic E-state index is 0.707. The van der Waals surface area contributed by atoms with Gasteiger partial charge in [0.15, 0.2) is 0 Å². The Bertz CT molecular complexity index is 333. The van der Waals surface area contributed by atoms with E-state index in [2.05, 4.69) is 31.2 Å². The Kier molecular flexibility index (Phi) is 4.12. The van der Waals surface area contributed by atoms with Crippen molar-refractivity contribution < 1.29 is 4.74 Å². The Morgan fingerprint density at radius 1 is 1.56 bits per heavy atom. The van der Waals surface area contributed by atoms with Crippen molar-refractivity contribution in [1.82, 2.24) is 9.97 Å². The van der Waals surface area contributed by atoms with Gasteiger partial charge in [-0.15, -0.1) is 0 Å². The van der Waals surface area contributed by atoms with E-state index in [1.807, 2.05) is 13.0 Å². The molecule has 1 N–H and O–H groups in total. The van der Waals surface area contributed by atoms with Crippen LogP contribution in [0.1, 0.15) is 18.7 Å². The summed E-state index contributed by atoms with van der Waals surface area (Å²) < 4.78 is 6.16. The Morgan fingerprint density at radius 3 is 3.12 bits per heavy atom. The molecule has 0 bridgehead atoms. The molecule has 2 rings (SSSR count). The van der Waals surface area contributed by atoms with E-state index in [0.717, 1.165) is 42.4 Å². The third-order valence-corrected chi connectivity index (χ3v) is 3.10. The highest BCUT2D eigenvalue weighted by Crippen LogP contribution is 2.17. The fraction of sp³-hybridized carbons (Fsp3) is 0.636. The zero-order chi connectivity index (χ0) is 11.4. The molecule has 0 saturated carbocycles. The van der Waals surface area contributed by atoms with E-state index in [1.54, 1.807) is 0 Å². The molecule has 1 aliphatic rings. The minimum absolute atomic E-state index is 0.707. The predicted octanol–water partition coefficient (Wildman–Crippen LogP) is 2.39. The molecule has 1 aromatic heterocycles. The van der Waals surface area contributed by atoms with Crippen molar-refractivity contribution in [2.24, 2.45) is 5.92 Å². The minimum Gasteiger partial charge on any atom is -0.381 e. The smallest absolute Gasteiger partial charge is 0.130 e. The van der Waals surface area contributed by atoms with Gasteiger partial charge in [-0.05, 0) is 41.6 Å². The summed E-state index contributed by atoms with van der Waals surface area (Å²) in [5.74, 6) is 2.37. The predicted molar refractivity (Wildman–Crippen MR) is 66.5 cm³/mol. The number of rotatable bonds is 4. The van der Waals surface area contributed by atoms with Crippen molar-refractivity contribution in [3.05, 3.63) is 16.5 Å². The van der Waals surface area contributed by atoms with E-state index < -0.39 is 0 Å². The lowest BCUT2D eigenvalue weighted by atomic mass is 10.1. The van der Waals surface area contributed by atoms with Crippen LogP contribution in [0.5, 0.6) is 0 Å². The molecule has 88 valence electrons. The summed E-state index contributed by atoms with van der Waals surface area (Å²) in [6.45, 7) is 4.66. The van der Waals surface area contributed by atoms with Gasteiger partial charge >= 0.3 is 0 Å². The normalized spacial score (nSPS) is 20.0. The lowest BCUT2D eigenvalue weighted by Crippen LogP contribution is -2.10. The summed E-state index contributed by atoms with van der Waals surface area (Å²) >= 11 is 3.36. The Morgan fingerprint density at radius 2 is 2.44 bits per heavy atom. The van der Waals surface area contributed by atoms with Crippen molar-refractivity contribution in [3.8, 4) is 0 Å². The second-order valence-electron chi connectivity index (χ2n) is 4.07. The second-order valence-corrected chi connectivity index (χ2v) is 4.88. The molecule has 1 aromatic rings. The van der Waals surface area contributed by atoms with Gasteiger partial charge in [-0.2, -0.15) is 0 Å². The van der Waals surface area contributed by atoms with Crippen LogP contribution in [-0.4, -0.2) is 29.7 Å². The fourth-order valence-electron chi connectivity index (χ4n) is 1.84. The first-order valence-corrected chi connectivity index (χ1v) is 6.36. The van der Waals surface area contributed by atoms with Gasteiger partial charge in [0.1, 0.15) is 16.2 Å². The quantitative estimate of drug-likeness (QED) is 0.863. The summed E-state index contributed by atoms with van der Waals surface area (Å²) in [6, 6.07) is 1.90. The van der Waals surface area contributed by atoms with Gasteiger partial charge in [-0.25, -0.2) is 9.97 Å². The van der Waals surface area contributed by atoms with E-state index in [9.17, 15) is 0 Å². The monoisotopic (exact) mass is 285 g/mol. The molecule has 1 atom stereocenters. The molecule has 1 aliphatic heterocycles. The average molecular weight is 286 g/mol. The number of aromatic nitrogens is 2. The Hall–Kier alpha value is -0.680. The third-order valence-electron chi connectivity index (χ3n) is 2.69. The zero-order valence-corrected chi connectivity index (χ0v) is 11.0. The molecule has 16 heavy (non-hydrogen) atoms. The van der Waals surface area contributed by atoms with Gasteiger partial charge < -0.3 is 10.1 Å². The zero-order valence-electron chi connectivity index (χ0n) is 9.37. The van der Waals surface area contributed by atoms with Gasteiger partial charge in [-0.3, -0.25) is 0 Å². The topological polar surface area (TPSA) is 47.0 Å². The first-order chi connectivity index (χ1) is 7.74. The van der Waals surface area contributed by atoms with Crippen molar-refractivity contribution in [1.29, 1.82) is 0 Å². The van der Waals surface area contributed by atoms with Crippen LogP contribution in [0.2, 0.25) is 0 Å². The number of nitrogens with zero attached hydrogens (tertiary/aromatic N) is 2. The van der Waals surface area contributed by atoms with Crippen LogP contribution in [0.15, 0.2) is 10.7 Å². The molecule has 4 nitrogen and oxygen atoms in total. The van der Waals surface area contributed by atoms with Crippen LogP contribution in [0.4, 0.5) is 5.82 Å². The van der Waals surface area contributed by atoms with Gasteiger partial charge in [0.25, 0.3) is 0 Å². The Labute approximate surface area is 104 Å².